The second-order valence-electron chi connectivity index (χ2n) is 8.21. The monoisotopic (exact) mass is 589 g/mol. The van der Waals surface area contributed by atoms with Gasteiger partial charge in [-0.1, -0.05) is 47.0 Å². The largest absolute Gasteiger partial charge is 0.322 e. The van der Waals surface area contributed by atoms with E-state index in [4.69, 9.17) is 23.2 Å². The van der Waals surface area contributed by atoms with E-state index in [1.165, 1.54) is 60.7 Å². The quantitative estimate of drug-likeness (QED) is 0.227. The molecular weight excluding hydrogens is 569 g/mol. The van der Waals surface area contributed by atoms with E-state index in [1.807, 2.05) is 6.92 Å². The molecule has 0 bridgehead atoms. The number of hydrogen-bond acceptors (Lipinski definition) is 5. The van der Waals surface area contributed by atoms with Crippen LogP contribution in [-0.4, -0.2) is 22.7 Å². The highest BCUT2D eigenvalue weighted by Crippen LogP contribution is 2.27. The van der Waals surface area contributed by atoms with Gasteiger partial charge in [-0.15, -0.1) is 0 Å². The minimum absolute atomic E-state index is 0.0104. The molecule has 12 heteroatoms. The lowest BCUT2D eigenvalue weighted by molar-refractivity contribution is 0.102. The van der Waals surface area contributed by atoms with E-state index in [0.29, 0.717) is 16.4 Å². The molecule has 0 aromatic heterocycles. The first-order valence-corrected chi connectivity index (χ1v) is 14.7. The molecule has 0 saturated heterocycles. The average molecular weight is 591 g/mol. The maximum absolute atomic E-state index is 12.7. The van der Waals surface area contributed by atoms with Gasteiger partial charge in [0.05, 0.1) is 26.2 Å². The molecule has 1 amide bonds. The molecule has 3 N–H and O–H groups in total. The maximum Gasteiger partial charge on any atom is 0.261 e. The summed E-state index contributed by atoms with van der Waals surface area (Å²) in [4.78, 5) is 12.8. The zero-order valence-corrected chi connectivity index (χ0v) is 22.9. The van der Waals surface area contributed by atoms with Crippen molar-refractivity contribution in [2.75, 3.05) is 14.8 Å². The Morgan fingerprint density at radius 1 is 0.684 bits per heavy atom. The van der Waals surface area contributed by atoms with Crippen molar-refractivity contribution in [3.05, 3.63) is 112 Å². The molecule has 4 rings (SSSR count). The number of nitrogens with one attached hydrogen (secondary N) is 3. The number of rotatable bonds is 8. The third-order valence-corrected chi connectivity index (χ3v) is 8.63. The Morgan fingerprint density at radius 2 is 1.29 bits per heavy atom. The number of hydrogen-bond donors (Lipinski definition) is 3. The van der Waals surface area contributed by atoms with E-state index < -0.39 is 26.0 Å². The third-order valence-electron chi connectivity index (χ3n) is 5.31. The predicted octanol–water partition coefficient (Wildman–Crippen LogP) is 6.16. The zero-order valence-electron chi connectivity index (χ0n) is 19.8. The lowest BCUT2D eigenvalue weighted by Crippen LogP contribution is -2.15. The van der Waals surface area contributed by atoms with Crippen LogP contribution >= 0.6 is 23.2 Å². The first-order chi connectivity index (χ1) is 17.9. The second kappa shape index (κ2) is 11.0. The van der Waals surface area contributed by atoms with Crippen molar-refractivity contribution in [2.45, 2.75) is 16.7 Å². The summed E-state index contributed by atoms with van der Waals surface area (Å²) in [5.41, 5.74) is 1.87. The van der Waals surface area contributed by atoms with Crippen LogP contribution in [-0.2, 0) is 20.0 Å². The number of aryl methyl sites for hydroxylation is 1. The van der Waals surface area contributed by atoms with Gasteiger partial charge >= 0.3 is 0 Å². The Kier molecular flexibility index (Phi) is 7.98. The van der Waals surface area contributed by atoms with E-state index >= 15 is 0 Å². The van der Waals surface area contributed by atoms with Gasteiger partial charge in [0.15, 0.2) is 0 Å². The lowest BCUT2D eigenvalue weighted by atomic mass is 10.2. The summed E-state index contributed by atoms with van der Waals surface area (Å²) in [5.74, 6) is -0.521. The average Bonchev–Trinajstić information content (AvgIpc) is 2.85. The van der Waals surface area contributed by atoms with E-state index in [-0.39, 0.29) is 26.1 Å². The molecule has 0 aliphatic heterocycles. The van der Waals surface area contributed by atoms with Crippen LogP contribution in [0.1, 0.15) is 15.9 Å². The molecule has 8 nitrogen and oxygen atoms in total. The van der Waals surface area contributed by atoms with Gasteiger partial charge in [0.2, 0.25) is 0 Å². The number of benzene rings is 4. The third kappa shape index (κ3) is 6.65. The van der Waals surface area contributed by atoms with Gasteiger partial charge < -0.3 is 5.32 Å². The fourth-order valence-electron chi connectivity index (χ4n) is 3.35. The number of carbonyl (C=O) groups is 1. The van der Waals surface area contributed by atoms with Crippen LogP contribution in [0.4, 0.5) is 17.1 Å². The molecule has 0 heterocycles. The van der Waals surface area contributed by atoms with Crippen LogP contribution in [0.25, 0.3) is 0 Å². The van der Waals surface area contributed by atoms with Crippen LogP contribution < -0.4 is 14.8 Å². The molecule has 0 aliphatic rings. The van der Waals surface area contributed by atoms with Crippen molar-refractivity contribution in [1.29, 1.82) is 0 Å². The van der Waals surface area contributed by atoms with Crippen LogP contribution in [0, 0.1) is 6.92 Å². The summed E-state index contributed by atoms with van der Waals surface area (Å²) >= 11 is 12.2. The Labute approximate surface area is 230 Å². The molecular formula is C26H21Cl2N3O5S2. The molecule has 0 fully saturated rings. The zero-order chi connectivity index (χ0) is 27.5. The van der Waals surface area contributed by atoms with Crippen molar-refractivity contribution in [3.63, 3.8) is 0 Å². The van der Waals surface area contributed by atoms with Crippen LogP contribution in [0.3, 0.4) is 0 Å². The fraction of sp³-hybridized carbons (Fsp3) is 0.0385. The minimum atomic E-state index is -3.87. The molecule has 0 spiro atoms. The SMILES string of the molecule is Cc1ccc(S(=O)(=O)Nc2ccc(C(=O)Nc3ccc(S(=O)(=O)Nc4cccc(Cl)c4)cc3)cc2Cl)cc1. The van der Waals surface area contributed by atoms with Crippen LogP contribution in [0.15, 0.2) is 101 Å². The predicted molar refractivity (Wildman–Crippen MR) is 150 cm³/mol. The van der Waals surface area contributed by atoms with Gasteiger partial charge in [-0.3, -0.25) is 14.2 Å². The first-order valence-electron chi connectivity index (χ1n) is 11.0. The summed E-state index contributed by atoms with van der Waals surface area (Å²) in [6.07, 6.45) is 0. The Balaban J connectivity index is 1.43. The molecule has 0 aliphatic carbocycles. The smallest absolute Gasteiger partial charge is 0.261 e. The minimum Gasteiger partial charge on any atom is -0.322 e. The summed E-state index contributed by atoms with van der Waals surface area (Å²) in [6.45, 7) is 1.85. The molecule has 0 atom stereocenters. The first kappa shape index (κ1) is 27.5. The van der Waals surface area contributed by atoms with Crippen molar-refractivity contribution < 1.29 is 21.6 Å². The van der Waals surface area contributed by atoms with Gasteiger partial charge in [-0.25, -0.2) is 16.8 Å². The Bertz CT molecular complexity index is 1710. The summed E-state index contributed by atoms with van der Waals surface area (Å²) in [6, 6.07) is 22.3. The molecule has 0 unspecified atom stereocenters. The standard InChI is InChI=1S/C26H21Cl2N3O5S2/c1-17-5-10-22(11-6-17)38(35,36)31-25-14-7-18(15-24(25)28)26(32)29-20-8-12-23(13-9-20)37(33,34)30-21-4-2-3-19(27)16-21/h2-16,30-31H,1H3,(H,29,32). The highest BCUT2D eigenvalue weighted by Gasteiger charge is 2.18. The second-order valence-corrected chi connectivity index (χ2v) is 12.4. The maximum atomic E-state index is 12.7. The summed E-state index contributed by atoms with van der Waals surface area (Å²) in [5, 5.41) is 3.07. The van der Waals surface area contributed by atoms with Gasteiger partial charge in [-0.05, 0) is 79.7 Å². The highest BCUT2D eigenvalue weighted by atomic mass is 35.5. The van der Waals surface area contributed by atoms with Gasteiger partial charge in [-0.2, -0.15) is 0 Å². The van der Waals surface area contributed by atoms with E-state index in [1.54, 1.807) is 30.3 Å². The van der Waals surface area contributed by atoms with Crippen LogP contribution in [0.5, 0.6) is 0 Å². The van der Waals surface area contributed by atoms with Crippen molar-refractivity contribution in [3.8, 4) is 0 Å². The number of halogens is 2. The van der Waals surface area contributed by atoms with Crippen LogP contribution in [0.2, 0.25) is 10.0 Å². The molecule has 196 valence electrons. The fourth-order valence-corrected chi connectivity index (χ4v) is 5.95. The number of sulfonamides is 2. The number of carbonyl (C=O) groups excluding carboxylic acids is 1. The summed E-state index contributed by atoms with van der Waals surface area (Å²) in [7, 11) is -7.74. The van der Waals surface area contributed by atoms with Gasteiger partial charge in [0, 0.05) is 16.3 Å². The molecule has 0 saturated carbocycles. The van der Waals surface area contributed by atoms with Crippen molar-refractivity contribution >= 4 is 66.2 Å². The molecule has 4 aromatic rings. The van der Waals surface area contributed by atoms with Gasteiger partial charge in [0.25, 0.3) is 26.0 Å². The molecule has 38 heavy (non-hydrogen) atoms. The number of anilines is 3. The highest BCUT2D eigenvalue weighted by molar-refractivity contribution is 7.93. The Hall–Kier alpha value is -3.57. The Morgan fingerprint density at radius 3 is 1.89 bits per heavy atom. The van der Waals surface area contributed by atoms with Crippen molar-refractivity contribution in [2.24, 2.45) is 0 Å². The lowest BCUT2D eigenvalue weighted by Gasteiger charge is -2.12. The summed E-state index contributed by atoms with van der Waals surface area (Å²) < 4.78 is 55.4. The topological polar surface area (TPSA) is 121 Å². The van der Waals surface area contributed by atoms with E-state index in [0.717, 1.165) is 5.56 Å². The van der Waals surface area contributed by atoms with E-state index in [2.05, 4.69) is 14.8 Å². The molecule has 4 aromatic carbocycles. The normalized spacial score (nSPS) is 11.6. The van der Waals surface area contributed by atoms with Gasteiger partial charge in [0.1, 0.15) is 0 Å². The van der Waals surface area contributed by atoms with Crippen molar-refractivity contribution in [1.82, 2.24) is 0 Å². The van der Waals surface area contributed by atoms with E-state index in [9.17, 15) is 21.6 Å². The molecule has 0 radical (unpaired) electrons. The number of amides is 1.